The van der Waals surface area contributed by atoms with Gasteiger partial charge < -0.3 is 15.3 Å². The molecule has 2 N–H and O–H groups in total. The Morgan fingerprint density at radius 3 is 2.80 bits per heavy atom. The number of likely N-dealkylation sites (tertiary alicyclic amines) is 1. The standard InChI is InChI=1S/C13H16N2O4S/c1-8(16)14-11-5-4-10(20-11)12(17)15-6-2-3-9(7-15)13(18)19/h4-5,9H,2-3,6-7H2,1H3,(H,14,16)(H,18,19)/t9-/m1/s1. The molecule has 0 spiro atoms. The van der Waals surface area contributed by atoms with Gasteiger partial charge >= 0.3 is 5.97 Å². The second kappa shape index (κ2) is 6.04. The van der Waals surface area contributed by atoms with Crippen molar-refractivity contribution in [3.05, 3.63) is 17.0 Å². The Morgan fingerprint density at radius 1 is 1.40 bits per heavy atom. The van der Waals surface area contributed by atoms with Gasteiger partial charge in [-0.25, -0.2) is 0 Å². The third-order valence-electron chi connectivity index (χ3n) is 3.17. The number of rotatable bonds is 3. The molecule has 0 saturated carbocycles. The average molecular weight is 296 g/mol. The van der Waals surface area contributed by atoms with E-state index < -0.39 is 11.9 Å². The number of carboxylic acid groups (broad SMARTS) is 1. The van der Waals surface area contributed by atoms with Crippen molar-refractivity contribution in [3.8, 4) is 0 Å². The lowest BCUT2D eigenvalue weighted by Crippen LogP contribution is -2.42. The lowest BCUT2D eigenvalue weighted by Gasteiger charge is -2.30. The zero-order valence-corrected chi connectivity index (χ0v) is 11.9. The molecule has 2 amide bonds. The minimum Gasteiger partial charge on any atom is -0.481 e. The number of piperidine rings is 1. The largest absolute Gasteiger partial charge is 0.481 e. The van der Waals surface area contributed by atoms with E-state index in [4.69, 9.17) is 5.11 Å². The van der Waals surface area contributed by atoms with Crippen molar-refractivity contribution >= 4 is 34.1 Å². The molecule has 1 aromatic rings. The van der Waals surface area contributed by atoms with Gasteiger partial charge in [0, 0.05) is 20.0 Å². The van der Waals surface area contributed by atoms with Gasteiger partial charge in [-0.2, -0.15) is 0 Å². The van der Waals surface area contributed by atoms with Crippen molar-refractivity contribution in [2.75, 3.05) is 18.4 Å². The third-order valence-corrected chi connectivity index (χ3v) is 4.16. The van der Waals surface area contributed by atoms with Gasteiger partial charge in [-0.15, -0.1) is 11.3 Å². The number of nitrogens with zero attached hydrogens (tertiary/aromatic N) is 1. The van der Waals surface area contributed by atoms with Gasteiger partial charge in [-0.05, 0) is 25.0 Å². The fraction of sp³-hybridized carbons (Fsp3) is 0.462. The molecule has 1 saturated heterocycles. The zero-order valence-electron chi connectivity index (χ0n) is 11.1. The van der Waals surface area contributed by atoms with E-state index in [1.165, 1.54) is 18.3 Å². The van der Waals surface area contributed by atoms with E-state index in [0.29, 0.717) is 29.3 Å². The molecule has 1 atom stereocenters. The minimum absolute atomic E-state index is 0.169. The van der Waals surface area contributed by atoms with Gasteiger partial charge in [0.15, 0.2) is 0 Å². The maximum atomic E-state index is 12.3. The molecule has 1 aliphatic rings. The van der Waals surface area contributed by atoms with E-state index in [2.05, 4.69) is 5.32 Å². The van der Waals surface area contributed by atoms with Crippen molar-refractivity contribution in [1.29, 1.82) is 0 Å². The van der Waals surface area contributed by atoms with Gasteiger partial charge in [0.25, 0.3) is 5.91 Å². The zero-order chi connectivity index (χ0) is 14.7. The number of nitrogens with one attached hydrogen (secondary N) is 1. The van der Waals surface area contributed by atoms with Crippen LogP contribution in [0.2, 0.25) is 0 Å². The highest BCUT2D eigenvalue weighted by Gasteiger charge is 2.29. The van der Waals surface area contributed by atoms with Crippen LogP contribution in [0, 0.1) is 5.92 Å². The molecule has 1 aliphatic heterocycles. The summed E-state index contributed by atoms with van der Waals surface area (Å²) in [4.78, 5) is 36.3. The number of hydrogen-bond donors (Lipinski definition) is 2. The summed E-state index contributed by atoms with van der Waals surface area (Å²) < 4.78 is 0. The van der Waals surface area contributed by atoms with Crippen LogP contribution in [-0.2, 0) is 9.59 Å². The molecule has 7 heteroatoms. The van der Waals surface area contributed by atoms with Crippen LogP contribution >= 0.6 is 11.3 Å². The number of anilines is 1. The lowest BCUT2D eigenvalue weighted by molar-refractivity contribution is -0.143. The highest BCUT2D eigenvalue weighted by atomic mass is 32.1. The molecular formula is C13H16N2O4S. The molecule has 108 valence electrons. The first kappa shape index (κ1) is 14.5. The predicted octanol–water partition coefficient (Wildman–Crippen LogP) is 1.64. The van der Waals surface area contributed by atoms with E-state index >= 15 is 0 Å². The molecular weight excluding hydrogens is 280 g/mol. The normalized spacial score (nSPS) is 18.6. The fourth-order valence-corrected chi connectivity index (χ4v) is 3.13. The summed E-state index contributed by atoms with van der Waals surface area (Å²) >= 11 is 1.20. The second-order valence-corrected chi connectivity index (χ2v) is 5.86. The minimum atomic E-state index is -0.854. The summed E-state index contributed by atoms with van der Waals surface area (Å²) in [6, 6.07) is 3.33. The van der Waals surface area contributed by atoms with Crippen LogP contribution in [0.3, 0.4) is 0 Å². The molecule has 1 fully saturated rings. The van der Waals surface area contributed by atoms with E-state index in [9.17, 15) is 14.4 Å². The molecule has 0 aliphatic carbocycles. The molecule has 2 heterocycles. The SMILES string of the molecule is CC(=O)Nc1ccc(C(=O)N2CCC[C@@H](C(=O)O)C2)s1. The molecule has 0 aromatic carbocycles. The van der Waals surface area contributed by atoms with Crippen molar-refractivity contribution in [2.45, 2.75) is 19.8 Å². The Balaban J connectivity index is 2.05. The molecule has 2 rings (SSSR count). The predicted molar refractivity (Wildman–Crippen MR) is 74.9 cm³/mol. The number of amides is 2. The number of carbonyl (C=O) groups is 3. The fourth-order valence-electron chi connectivity index (χ4n) is 2.21. The Kier molecular flexibility index (Phi) is 4.39. The van der Waals surface area contributed by atoms with Crippen LogP contribution in [0.4, 0.5) is 5.00 Å². The topological polar surface area (TPSA) is 86.7 Å². The van der Waals surface area contributed by atoms with Crippen LogP contribution in [0.5, 0.6) is 0 Å². The number of aliphatic carboxylic acids is 1. The molecule has 0 unspecified atom stereocenters. The van der Waals surface area contributed by atoms with E-state index in [-0.39, 0.29) is 18.4 Å². The Morgan fingerprint density at radius 2 is 2.15 bits per heavy atom. The smallest absolute Gasteiger partial charge is 0.308 e. The maximum Gasteiger partial charge on any atom is 0.308 e. The molecule has 6 nitrogen and oxygen atoms in total. The number of carboxylic acids is 1. The number of hydrogen-bond acceptors (Lipinski definition) is 4. The van der Waals surface area contributed by atoms with Crippen LogP contribution < -0.4 is 5.32 Å². The monoisotopic (exact) mass is 296 g/mol. The lowest BCUT2D eigenvalue weighted by atomic mass is 9.98. The van der Waals surface area contributed by atoms with Gasteiger partial charge in [0.05, 0.1) is 15.8 Å². The number of thiophene rings is 1. The Labute approximate surface area is 120 Å². The van der Waals surface area contributed by atoms with Crippen LogP contribution in [0.15, 0.2) is 12.1 Å². The highest BCUT2D eigenvalue weighted by Crippen LogP contribution is 2.25. The van der Waals surface area contributed by atoms with Crippen LogP contribution in [-0.4, -0.2) is 40.9 Å². The van der Waals surface area contributed by atoms with Crippen molar-refractivity contribution in [3.63, 3.8) is 0 Å². The van der Waals surface area contributed by atoms with E-state index in [0.717, 1.165) is 0 Å². The summed E-state index contributed by atoms with van der Waals surface area (Å²) in [5.74, 6) is -1.69. The number of carbonyl (C=O) groups excluding carboxylic acids is 2. The van der Waals surface area contributed by atoms with Gasteiger partial charge in [-0.1, -0.05) is 0 Å². The summed E-state index contributed by atoms with van der Waals surface area (Å²) in [5.41, 5.74) is 0. The summed E-state index contributed by atoms with van der Waals surface area (Å²) in [7, 11) is 0. The van der Waals surface area contributed by atoms with Crippen molar-refractivity contribution < 1.29 is 19.5 Å². The first-order valence-corrected chi connectivity index (χ1v) is 7.18. The van der Waals surface area contributed by atoms with E-state index in [1.54, 1.807) is 17.0 Å². The van der Waals surface area contributed by atoms with Crippen molar-refractivity contribution in [1.82, 2.24) is 4.90 Å². The summed E-state index contributed by atoms with van der Waals surface area (Å²) in [5, 5.41) is 12.3. The maximum absolute atomic E-state index is 12.3. The summed E-state index contributed by atoms with van der Waals surface area (Å²) in [6.07, 6.45) is 1.31. The first-order chi connectivity index (χ1) is 9.47. The molecule has 0 radical (unpaired) electrons. The van der Waals surface area contributed by atoms with Gasteiger partial charge in [0.2, 0.25) is 5.91 Å². The van der Waals surface area contributed by atoms with Gasteiger partial charge in [0.1, 0.15) is 0 Å². The van der Waals surface area contributed by atoms with E-state index in [1.807, 2.05) is 0 Å². The second-order valence-electron chi connectivity index (χ2n) is 4.77. The Hall–Kier alpha value is -1.89. The van der Waals surface area contributed by atoms with Crippen LogP contribution in [0.1, 0.15) is 29.4 Å². The third kappa shape index (κ3) is 3.36. The quantitative estimate of drug-likeness (QED) is 0.887. The van der Waals surface area contributed by atoms with Gasteiger partial charge in [-0.3, -0.25) is 14.4 Å². The van der Waals surface area contributed by atoms with Crippen molar-refractivity contribution in [2.24, 2.45) is 5.92 Å². The first-order valence-electron chi connectivity index (χ1n) is 6.37. The molecule has 0 bridgehead atoms. The summed E-state index contributed by atoms with van der Waals surface area (Å²) in [6.45, 7) is 2.24. The molecule has 1 aromatic heterocycles. The molecule has 20 heavy (non-hydrogen) atoms. The Bertz CT molecular complexity index is 540. The highest BCUT2D eigenvalue weighted by molar-refractivity contribution is 7.18. The van der Waals surface area contributed by atoms with Crippen LogP contribution in [0.25, 0.3) is 0 Å². The average Bonchev–Trinajstić information content (AvgIpc) is 2.85.